The lowest BCUT2D eigenvalue weighted by Gasteiger charge is -2.14. The highest BCUT2D eigenvalue weighted by atomic mass is 32.2. The highest BCUT2D eigenvalue weighted by Crippen LogP contribution is 2.36. The third-order valence-corrected chi connectivity index (χ3v) is 13.0. The zero-order valence-corrected chi connectivity index (χ0v) is 34.7. The average molecular weight is 907 g/mol. The normalized spacial score (nSPS) is 15.2. The SMILES string of the molecule is O=S(=O)(Nc1cccc2nc(NC3COc4ccccc43)ccc12)c1cc(F)cc(F)c1.O=S(=O)(Nc1cccc2nc(NC3COc4ccccc43)ccc12)c1cc(F)cc(F)c1. The summed E-state index contributed by atoms with van der Waals surface area (Å²) < 4.78 is 121. The highest BCUT2D eigenvalue weighted by Gasteiger charge is 2.26. The van der Waals surface area contributed by atoms with Crippen LogP contribution in [0.4, 0.5) is 40.6 Å². The zero-order valence-electron chi connectivity index (χ0n) is 33.1. The van der Waals surface area contributed by atoms with E-state index in [0.29, 0.717) is 58.8 Å². The van der Waals surface area contributed by atoms with E-state index in [9.17, 15) is 34.4 Å². The van der Waals surface area contributed by atoms with E-state index in [1.54, 1.807) is 60.7 Å². The Labute approximate surface area is 364 Å². The fraction of sp³-hybridized carbons (Fsp3) is 0.0870. The van der Waals surface area contributed by atoms with E-state index in [1.165, 1.54) is 0 Å². The van der Waals surface area contributed by atoms with Gasteiger partial charge in [-0.3, -0.25) is 9.44 Å². The van der Waals surface area contributed by atoms with Gasteiger partial charge in [-0.15, -0.1) is 0 Å². The van der Waals surface area contributed by atoms with Crippen molar-refractivity contribution in [3.05, 3.63) is 180 Å². The fourth-order valence-corrected chi connectivity index (χ4v) is 9.59. The minimum absolute atomic E-state index is 0.0549. The van der Waals surface area contributed by atoms with Crippen molar-refractivity contribution in [2.24, 2.45) is 0 Å². The lowest BCUT2D eigenvalue weighted by molar-refractivity contribution is 0.339. The Balaban J connectivity index is 0.000000162. The van der Waals surface area contributed by atoms with Crippen LogP contribution in [0.25, 0.3) is 21.8 Å². The van der Waals surface area contributed by atoms with Crippen molar-refractivity contribution in [1.29, 1.82) is 0 Å². The average Bonchev–Trinajstić information content (AvgIpc) is 3.87. The van der Waals surface area contributed by atoms with Gasteiger partial charge in [0, 0.05) is 34.0 Å². The number of nitrogens with zero attached hydrogens (tertiary/aromatic N) is 2. The Bertz CT molecular complexity index is 3070. The van der Waals surface area contributed by atoms with E-state index in [-0.39, 0.29) is 23.5 Å². The molecule has 324 valence electrons. The van der Waals surface area contributed by atoms with Crippen molar-refractivity contribution in [1.82, 2.24) is 9.97 Å². The molecule has 4 N–H and O–H groups in total. The minimum Gasteiger partial charge on any atom is -0.491 e. The van der Waals surface area contributed by atoms with Gasteiger partial charge in [0.05, 0.1) is 44.3 Å². The number of nitrogens with one attached hydrogen (secondary N) is 4. The van der Waals surface area contributed by atoms with Gasteiger partial charge in [0.25, 0.3) is 20.0 Å². The number of aromatic nitrogens is 2. The van der Waals surface area contributed by atoms with Crippen LogP contribution < -0.4 is 29.6 Å². The van der Waals surface area contributed by atoms with Crippen LogP contribution >= 0.6 is 0 Å². The molecule has 2 aromatic heterocycles. The molecule has 2 aliphatic rings. The standard InChI is InChI=1S/2C23H17F2N3O3S/c2*24-14-10-15(25)12-16(11-14)32(29,30)28-20-6-3-5-19-17(20)8-9-23(26-19)27-21-13-31-22-7-2-1-4-18(21)22/h2*1-12,21,28H,13H2,(H,26,27). The summed E-state index contributed by atoms with van der Waals surface area (Å²) >= 11 is 0. The quantitative estimate of drug-likeness (QED) is 0.0973. The molecule has 0 aliphatic carbocycles. The lowest BCUT2D eigenvalue weighted by Crippen LogP contribution is -2.14. The molecule has 2 atom stereocenters. The van der Waals surface area contributed by atoms with E-state index in [4.69, 9.17) is 9.47 Å². The number of benzene rings is 6. The second-order valence-corrected chi connectivity index (χ2v) is 18.0. The van der Waals surface area contributed by atoms with Gasteiger partial charge in [0.2, 0.25) is 0 Å². The van der Waals surface area contributed by atoms with Crippen molar-refractivity contribution >= 4 is 64.9 Å². The smallest absolute Gasteiger partial charge is 0.262 e. The largest absolute Gasteiger partial charge is 0.491 e. The molecule has 64 heavy (non-hydrogen) atoms. The zero-order chi connectivity index (χ0) is 44.6. The Kier molecular flexibility index (Phi) is 11.1. The van der Waals surface area contributed by atoms with E-state index < -0.39 is 53.1 Å². The molecule has 0 bridgehead atoms. The van der Waals surface area contributed by atoms with Gasteiger partial charge in [0.1, 0.15) is 59.6 Å². The molecule has 6 aromatic carbocycles. The van der Waals surface area contributed by atoms with Crippen LogP contribution in [-0.2, 0) is 20.0 Å². The van der Waals surface area contributed by atoms with Crippen molar-refractivity contribution < 1.29 is 43.9 Å². The molecular weight excluding hydrogens is 873 g/mol. The van der Waals surface area contributed by atoms with Gasteiger partial charge >= 0.3 is 0 Å². The maximum absolute atomic E-state index is 13.5. The molecular formula is C46H34F4N6O6S2. The minimum atomic E-state index is -4.20. The number of hydrogen-bond acceptors (Lipinski definition) is 10. The summed E-state index contributed by atoms with van der Waals surface area (Å²) in [5.74, 6) is -1.02. The number of halogens is 4. The first-order chi connectivity index (χ1) is 30.8. The molecule has 8 aromatic rings. The summed E-state index contributed by atoms with van der Waals surface area (Å²) in [7, 11) is -8.40. The molecule has 0 fully saturated rings. The summed E-state index contributed by atoms with van der Waals surface area (Å²) in [4.78, 5) is 8.16. The molecule has 0 saturated carbocycles. The van der Waals surface area contributed by atoms with Crippen molar-refractivity contribution in [3.63, 3.8) is 0 Å². The fourth-order valence-electron chi connectivity index (χ4n) is 7.34. The van der Waals surface area contributed by atoms with Crippen LogP contribution in [0.5, 0.6) is 11.5 Å². The van der Waals surface area contributed by atoms with E-state index in [1.807, 2.05) is 48.5 Å². The van der Waals surface area contributed by atoms with Gasteiger partial charge < -0.3 is 20.1 Å². The summed E-state index contributed by atoms with van der Waals surface area (Å²) in [6.07, 6.45) is 0. The highest BCUT2D eigenvalue weighted by molar-refractivity contribution is 7.93. The molecule has 12 nitrogen and oxygen atoms in total. The van der Waals surface area contributed by atoms with Crippen molar-refractivity contribution in [3.8, 4) is 11.5 Å². The lowest BCUT2D eigenvalue weighted by atomic mass is 10.1. The first-order valence-electron chi connectivity index (χ1n) is 19.5. The second-order valence-electron chi connectivity index (χ2n) is 14.7. The summed E-state index contributed by atoms with van der Waals surface area (Å²) in [6.45, 7) is 0.951. The number of fused-ring (bicyclic) bond motifs is 4. The molecule has 0 amide bonds. The van der Waals surface area contributed by atoms with E-state index in [2.05, 4.69) is 30.0 Å². The maximum Gasteiger partial charge on any atom is 0.262 e. The summed E-state index contributed by atoms with van der Waals surface area (Å²) in [5.41, 5.74) is 3.68. The molecule has 0 saturated heterocycles. The van der Waals surface area contributed by atoms with Gasteiger partial charge in [0.15, 0.2) is 0 Å². The number of anilines is 4. The van der Waals surface area contributed by atoms with E-state index in [0.717, 1.165) is 46.9 Å². The molecule has 18 heteroatoms. The molecule has 10 rings (SSSR count). The topological polar surface area (TPSA) is 161 Å². The third-order valence-electron chi connectivity index (χ3n) is 10.3. The van der Waals surface area contributed by atoms with Crippen LogP contribution in [0, 0.1) is 23.3 Å². The van der Waals surface area contributed by atoms with Crippen molar-refractivity contribution in [2.75, 3.05) is 33.3 Å². The van der Waals surface area contributed by atoms with Crippen LogP contribution in [0.15, 0.2) is 155 Å². The molecule has 0 spiro atoms. The predicted molar refractivity (Wildman–Crippen MR) is 234 cm³/mol. The van der Waals surface area contributed by atoms with Crippen LogP contribution in [0.1, 0.15) is 23.2 Å². The first-order valence-corrected chi connectivity index (χ1v) is 22.5. The van der Waals surface area contributed by atoms with Crippen molar-refractivity contribution in [2.45, 2.75) is 21.9 Å². The summed E-state index contributed by atoms with van der Waals surface area (Å²) in [5, 5.41) is 7.76. The van der Waals surface area contributed by atoms with Gasteiger partial charge in [-0.05, 0) is 84.9 Å². The first kappa shape index (κ1) is 41.9. The van der Waals surface area contributed by atoms with Crippen LogP contribution in [0.2, 0.25) is 0 Å². The van der Waals surface area contributed by atoms with Gasteiger partial charge in [-0.2, -0.15) is 0 Å². The number of para-hydroxylation sites is 2. The molecule has 2 aliphatic heterocycles. The monoisotopic (exact) mass is 906 g/mol. The van der Waals surface area contributed by atoms with E-state index >= 15 is 0 Å². The third kappa shape index (κ3) is 8.91. The predicted octanol–water partition coefficient (Wildman–Crippen LogP) is 9.72. The maximum atomic E-state index is 13.5. The number of sulfonamides is 2. The number of ether oxygens (including phenoxy) is 2. The number of pyridine rings is 2. The molecule has 2 unspecified atom stereocenters. The second kappa shape index (κ2) is 17.0. The Morgan fingerprint density at radius 1 is 0.469 bits per heavy atom. The van der Waals surface area contributed by atoms with Gasteiger partial charge in [-0.1, -0.05) is 48.5 Å². The summed E-state index contributed by atoms with van der Waals surface area (Å²) in [6, 6.07) is 36.5. The van der Waals surface area contributed by atoms with Gasteiger partial charge in [-0.25, -0.2) is 44.4 Å². The number of hydrogen-bond donors (Lipinski definition) is 4. The Morgan fingerprint density at radius 2 is 0.859 bits per heavy atom. The number of rotatable bonds is 10. The van der Waals surface area contributed by atoms with Crippen LogP contribution in [-0.4, -0.2) is 40.0 Å². The molecule has 4 heterocycles. The molecule has 0 radical (unpaired) electrons. The van der Waals surface area contributed by atoms with Crippen LogP contribution in [0.3, 0.4) is 0 Å². The Morgan fingerprint density at radius 3 is 1.27 bits per heavy atom. The Hall–Kier alpha value is -7.44.